The molecule has 0 aliphatic heterocycles. The quantitative estimate of drug-likeness (QED) is 0.358. The molecule has 0 saturated carbocycles. The van der Waals surface area contributed by atoms with Gasteiger partial charge in [0.2, 0.25) is 0 Å². The first-order valence-electron chi connectivity index (χ1n) is 9.29. The van der Waals surface area contributed by atoms with E-state index in [0.29, 0.717) is 11.1 Å². The third kappa shape index (κ3) is 4.96. The molecule has 0 spiro atoms. The van der Waals surface area contributed by atoms with Gasteiger partial charge in [-0.15, -0.1) is 0 Å². The molecule has 0 aliphatic carbocycles. The Hall–Kier alpha value is -3.29. The zero-order valence-corrected chi connectivity index (χ0v) is 16.9. The van der Waals surface area contributed by atoms with Gasteiger partial charge in [-0.25, -0.2) is 4.79 Å². The molecule has 29 heavy (non-hydrogen) atoms. The molecule has 3 rings (SSSR count). The van der Waals surface area contributed by atoms with E-state index in [1.165, 1.54) is 12.1 Å². The average molecular weight is 406 g/mol. The molecular weight excluding hydrogens is 386 g/mol. The van der Waals surface area contributed by atoms with Crippen LogP contribution in [0.15, 0.2) is 66.7 Å². The van der Waals surface area contributed by atoms with E-state index in [1.807, 2.05) is 49.4 Å². The normalized spacial score (nSPS) is 11.4. The van der Waals surface area contributed by atoms with Crippen LogP contribution in [0.25, 0.3) is 11.1 Å². The standard InChI is InChI=1S/C24H20ClNO3/c1-3-16(2)28-23-7-5-4-6-21(23)17-8-10-18(11-9-17)24(27)29-20-13-12-19(15-26)22(25)14-20/h4-14,16H,3H2,1-2H3. The van der Waals surface area contributed by atoms with Gasteiger partial charge in [0.15, 0.2) is 0 Å². The Morgan fingerprint density at radius 1 is 1.10 bits per heavy atom. The van der Waals surface area contributed by atoms with E-state index in [4.69, 9.17) is 26.3 Å². The Labute approximate surface area is 175 Å². The van der Waals surface area contributed by atoms with Crippen LogP contribution in [0.3, 0.4) is 0 Å². The first-order chi connectivity index (χ1) is 14.0. The monoisotopic (exact) mass is 405 g/mol. The largest absolute Gasteiger partial charge is 0.490 e. The first kappa shape index (κ1) is 20.4. The summed E-state index contributed by atoms with van der Waals surface area (Å²) in [6.07, 6.45) is 1.03. The summed E-state index contributed by atoms with van der Waals surface area (Å²) in [5.74, 6) is 0.598. The van der Waals surface area contributed by atoms with Crippen LogP contribution in [0.4, 0.5) is 0 Å². The van der Waals surface area contributed by atoms with Crippen molar-refractivity contribution in [2.45, 2.75) is 26.4 Å². The minimum atomic E-state index is -0.499. The van der Waals surface area contributed by atoms with Crippen LogP contribution in [-0.4, -0.2) is 12.1 Å². The molecule has 0 radical (unpaired) electrons. The first-order valence-corrected chi connectivity index (χ1v) is 9.67. The molecule has 0 bridgehead atoms. The van der Waals surface area contributed by atoms with Gasteiger partial charge in [-0.1, -0.05) is 48.9 Å². The fourth-order valence-corrected chi connectivity index (χ4v) is 2.92. The van der Waals surface area contributed by atoms with Gasteiger partial charge in [0.1, 0.15) is 17.6 Å². The Balaban J connectivity index is 1.78. The molecule has 4 nitrogen and oxygen atoms in total. The molecule has 0 N–H and O–H groups in total. The van der Waals surface area contributed by atoms with E-state index in [9.17, 15) is 4.79 Å². The number of nitrogens with zero attached hydrogens (tertiary/aromatic N) is 1. The van der Waals surface area contributed by atoms with Crippen molar-refractivity contribution < 1.29 is 14.3 Å². The highest BCUT2D eigenvalue weighted by Crippen LogP contribution is 2.31. The predicted octanol–water partition coefficient (Wildman–Crippen LogP) is 6.28. The Morgan fingerprint density at radius 3 is 2.48 bits per heavy atom. The molecule has 3 aromatic carbocycles. The van der Waals surface area contributed by atoms with E-state index in [-0.39, 0.29) is 16.9 Å². The highest BCUT2D eigenvalue weighted by atomic mass is 35.5. The number of ether oxygens (including phenoxy) is 2. The van der Waals surface area contributed by atoms with Crippen molar-refractivity contribution in [2.24, 2.45) is 0 Å². The number of benzene rings is 3. The van der Waals surface area contributed by atoms with Crippen LogP contribution in [0, 0.1) is 11.3 Å². The maximum Gasteiger partial charge on any atom is 0.343 e. The van der Waals surface area contributed by atoms with E-state index in [2.05, 4.69) is 6.92 Å². The van der Waals surface area contributed by atoms with Gasteiger partial charge < -0.3 is 9.47 Å². The summed E-state index contributed by atoms with van der Waals surface area (Å²) in [4.78, 5) is 12.4. The number of hydrogen-bond acceptors (Lipinski definition) is 4. The van der Waals surface area contributed by atoms with Gasteiger partial charge in [-0.3, -0.25) is 0 Å². The summed E-state index contributed by atoms with van der Waals surface area (Å²) < 4.78 is 11.4. The SMILES string of the molecule is CCC(C)Oc1ccccc1-c1ccc(C(=O)Oc2ccc(C#N)c(Cl)c2)cc1. The number of hydrogen-bond donors (Lipinski definition) is 0. The van der Waals surface area contributed by atoms with Crippen molar-refractivity contribution in [1.82, 2.24) is 0 Å². The number of rotatable bonds is 6. The number of nitriles is 1. The van der Waals surface area contributed by atoms with Crippen LogP contribution in [-0.2, 0) is 0 Å². The molecule has 0 fully saturated rings. The molecule has 0 saturated heterocycles. The molecule has 1 atom stereocenters. The second-order valence-electron chi connectivity index (χ2n) is 6.55. The molecule has 0 aliphatic rings. The smallest absolute Gasteiger partial charge is 0.343 e. The van der Waals surface area contributed by atoms with Crippen LogP contribution in [0.2, 0.25) is 5.02 Å². The Bertz CT molecular complexity index is 1050. The van der Waals surface area contributed by atoms with Gasteiger partial charge in [-0.05, 0) is 49.2 Å². The number of carbonyl (C=O) groups is 1. The summed E-state index contributed by atoms with van der Waals surface area (Å²) in [5.41, 5.74) is 2.65. The Kier molecular flexibility index (Phi) is 6.54. The fourth-order valence-electron chi connectivity index (χ4n) is 2.71. The lowest BCUT2D eigenvalue weighted by atomic mass is 10.0. The van der Waals surface area contributed by atoms with Crippen molar-refractivity contribution in [3.05, 3.63) is 82.9 Å². The molecule has 3 aromatic rings. The number of esters is 1. The zero-order chi connectivity index (χ0) is 20.8. The maximum absolute atomic E-state index is 12.4. The molecule has 1 unspecified atom stereocenters. The van der Waals surface area contributed by atoms with Gasteiger partial charge in [-0.2, -0.15) is 5.26 Å². The van der Waals surface area contributed by atoms with Gasteiger partial charge in [0.25, 0.3) is 0 Å². The van der Waals surface area contributed by atoms with Crippen LogP contribution >= 0.6 is 11.6 Å². The molecular formula is C24H20ClNO3. The number of para-hydroxylation sites is 1. The van der Waals surface area contributed by atoms with E-state index < -0.39 is 5.97 Å². The second kappa shape index (κ2) is 9.27. The zero-order valence-electron chi connectivity index (χ0n) is 16.2. The van der Waals surface area contributed by atoms with Crippen molar-refractivity contribution in [3.63, 3.8) is 0 Å². The number of halogens is 1. The summed E-state index contributed by atoms with van der Waals surface area (Å²) in [6.45, 7) is 4.11. The summed E-state index contributed by atoms with van der Waals surface area (Å²) in [6, 6.07) is 21.5. The predicted molar refractivity (Wildman–Crippen MR) is 113 cm³/mol. The summed E-state index contributed by atoms with van der Waals surface area (Å²) >= 11 is 5.98. The van der Waals surface area contributed by atoms with Crippen molar-refractivity contribution in [3.8, 4) is 28.7 Å². The third-order valence-electron chi connectivity index (χ3n) is 4.49. The third-order valence-corrected chi connectivity index (χ3v) is 4.81. The lowest BCUT2D eigenvalue weighted by Gasteiger charge is -2.16. The van der Waals surface area contributed by atoms with Gasteiger partial charge in [0, 0.05) is 11.6 Å². The molecule has 0 aromatic heterocycles. The maximum atomic E-state index is 12.4. The highest BCUT2D eigenvalue weighted by molar-refractivity contribution is 6.31. The van der Waals surface area contributed by atoms with Crippen LogP contribution in [0.5, 0.6) is 11.5 Å². The molecule has 0 heterocycles. The van der Waals surface area contributed by atoms with E-state index in [1.54, 1.807) is 18.2 Å². The highest BCUT2D eigenvalue weighted by Gasteiger charge is 2.13. The molecule has 0 amide bonds. The van der Waals surface area contributed by atoms with Gasteiger partial charge in [0.05, 0.1) is 22.3 Å². The van der Waals surface area contributed by atoms with Crippen LogP contribution in [0.1, 0.15) is 36.2 Å². The summed E-state index contributed by atoms with van der Waals surface area (Å²) in [7, 11) is 0. The molecule has 146 valence electrons. The lowest BCUT2D eigenvalue weighted by Crippen LogP contribution is -2.10. The van der Waals surface area contributed by atoms with Gasteiger partial charge >= 0.3 is 5.97 Å². The fraction of sp³-hybridized carbons (Fsp3) is 0.167. The van der Waals surface area contributed by atoms with E-state index in [0.717, 1.165) is 23.3 Å². The van der Waals surface area contributed by atoms with E-state index >= 15 is 0 Å². The minimum absolute atomic E-state index is 0.115. The Morgan fingerprint density at radius 2 is 1.83 bits per heavy atom. The van der Waals surface area contributed by atoms with Crippen molar-refractivity contribution in [2.75, 3.05) is 0 Å². The van der Waals surface area contributed by atoms with Crippen molar-refractivity contribution in [1.29, 1.82) is 5.26 Å². The van der Waals surface area contributed by atoms with Crippen LogP contribution < -0.4 is 9.47 Å². The second-order valence-corrected chi connectivity index (χ2v) is 6.96. The molecule has 5 heteroatoms. The lowest BCUT2D eigenvalue weighted by molar-refractivity contribution is 0.0735. The van der Waals surface area contributed by atoms with Crippen molar-refractivity contribution >= 4 is 17.6 Å². The summed E-state index contributed by atoms with van der Waals surface area (Å²) in [5, 5.41) is 9.16. The topological polar surface area (TPSA) is 59.3 Å². The average Bonchev–Trinajstić information content (AvgIpc) is 2.74. The number of carbonyl (C=O) groups excluding carboxylic acids is 1. The minimum Gasteiger partial charge on any atom is -0.490 e.